The summed E-state index contributed by atoms with van der Waals surface area (Å²) in [6.07, 6.45) is 5.01. The molecule has 29 heavy (non-hydrogen) atoms. The first-order chi connectivity index (χ1) is 14.0. The first kappa shape index (κ1) is 18.4. The average molecular weight is 386 g/mol. The molecule has 4 rings (SSSR count). The highest BCUT2D eigenvalue weighted by Gasteiger charge is 2.16. The Hall–Kier alpha value is -3.94. The van der Waals surface area contributed by atoms with Gasteiger partial charge in [-0.3, -0.25) is 14.8 Å². The Kier molecular flexibility index (Phi) is 4.82. The molecule has 0 N–H and O–H groups in total. The second-order valence-electron chi connectivity index (χ2n) is 6.62. The molecule has 0 radical (unpaired) electrons. The number of amides is 1. The molecule has 8 nitrogen and oxygen atoms in total. The predicted molar refractivity (Wildman–Crippen MR) is 107 cm³/mol. The number of benzene rings is 1. The maximum absolute atomic E-state index is 12.1. The highest BCUT2D eigenvalue weighted by molar-refractivity contribution is 5.94. The van der Waals surface area contributed by atoms with E-state index in [1.54, 1.807) is 50.9 Å². The van der Waals surface area contributed by atoms with Gasteiger partial charge < -0.3 is 9.32 Å². The number of nitrogens with zero attached hydrogens (tertiary/aromatic N) is 6. The predicted octanol–water partition coefficient (Wildman–Crippen LogP) is 3.27. The van der Waals surface area contributed by atoms with Crippen LogP contribution in [0.1, 0.15) is 16.1 Å². The van der Waals surface area contributed by atoms with Crippen LogP contribution in [0.25, 0.3) is 34.3 Å². The molecule has 0 aliphatic heterocycles. The molecule has 0 aliphatic carbocycles. The van der Waals surface area contributed by atoms with E-state index in [1.807, 2.05) is 25.1 Å². The molecule has 0 saturated carbocycles. The molecular weight excluding hydrogens is 368 g/mol. The summed E-state index contributed by atoms with van der Waals surface area (Å²) in [7, 11) is 3.44. The topological polar surface area (TPSA) is 97.9 Å². The van der Waals surface area contributed by atoms with Crippen LogP contribution in [-0.2, 0) is 0 Å². The minimum atomic E-state index is -0.0546. The summed E-state index contributed by atoms with van der Waals surface area (Å²) in [5.41, 5.74) is 4.01. The lowest BCUT2D eigenvalue weighted by molar-refractivity contribution is 0.0827. The monoisotopic (exact) mass is 386 g/mol. The summed E-state index contributed by atoms with van der Waals surface area (Å²) >= 11 is 0. The molecule has 0 aliphatic rings. The fourth-order valence-electron chi connectivity index (χ4n) is 2.76. The smallest absolute Gasteiger partial charge is 0.268 e. The second kappa shape index (κ2) is 7.59. The van der Waals surface area contributed by atoms with Crippen molar-refractivity contribution < 1.29 is 9.21 Å². The van der Waals surface area contributed by atoms with Gasteiger partial charge in [0, 0.05) is 37.6 Å². The molecule has 144 valence electrons. The van der Waals surface area contributed by atoms with Crippen LogP contribution in [-0.4, -0.2) is 50.1 Å². The van der Waals surface area contributed by atoms with Crippen LogP contribution in [0.2, 0.25) is 0 Å². The van der Waals surface area contributed by atoms with Crippen molar-refractivity contribution in [2.75, 3.05) is 14.1 Å². The van der Waals surface area contributed by atoms with E-state index in [0.29, 0.717) is 28.5 Å². The molecule has 1 aromatic carbocycles. The fourth-order valence-corrected chi connectivity index (χ4v) is 2.76. The van der Waals surface area contributed by atoms with Gasteiger partial charge in [-0.1, -0.05) is 12.1 Å². The second-order valence-corrected chi connectivity index (χ2v) is 6.62. The van der Waals surface area contributed by atoms with Crippen molar-refractivity contribution in [3.8, 4) is 34.3 Å². The van der Waals surface area contributed by atoms with Crippen LogP contribution in [0.5, 0.6) is 0 Å². The molecule has 0 unspecified atom stereocenters. The van der Waals surface area contributed by atoms with E-state index < -0.39 is 0 Å². The van der Waals surface area contributed by atoms with Crippen molar-refractivity contribution in [3.05, 3.63) is 66.2 Å². The van der Waals surface area contributed by atoms with Crippen LogP contribution < -0.4 is 0 Å². The van der Waals surface area contributed by atoms with Crippen LogP contribution in [0.4, 0.5) is 0 Å². The van der Waals surface area contributed by atoms with Crippen molar-refractivity contribution in [1.82, 2.24) is 30.0 Å². The van der Waals surface area contributed by atoms with Crippen molar-refractivity contribution in [2.45, 2.75) is 6.92 Å². The molecule has 0 atom stereocenters. The van der Waals surface area contributed by atoms with E-state index in [9.17, 15) is 4.79 Å². The molecule has 0 spiro atoms. The van der Waals surface area contributed by atoms with E-state index >= 15 is 0 Å². The number of carbonyl (C=O) groups is 1. The van der Waals surface area contributed by atoms with Gasteiger partial charge in [-0.05, 0) is 31.2 Å². The van der Waals surface area contributed by atoms with E-state index in [-0.39, 0.29) is 11.8 Å². The van der Waals surface area contributed by atoms with Crippen molar-refractivity contribution >= 4 is 5.91 Å². The Morgan fingerprint density at radius 1 is 0.966 bits per heavy atom. The Morgan fingerprint density at radius 3 is 2.41 bits per heavy atom. The number of hydrogen-bond donors (Lipinski definition) is 0. The van der Waals surface area contributed by atoms with Crippen LogP contribution in [0.15, 0.2) is 59.4 Å². The summed E-state index contributed by atoms with van der Waals surface area (Å²) in [5.74, 6) is 0.599. The summed E-state index contributed by atoms with van der Waals surface area (Å²) in [5, 5.41) is 8.21. The van der Waals surface area contributed by atoms with Gasteiger partial charge in [0.1, 0.15) is 5.69 Å². The van der Waals surface area contributed by atoms with Gasteiger partial charge >= 0.3 is 0 Å². The lowest BCUT2D eigenvalue weighted by atomic mass is 10.1. The molecule has 1 amide bonds. The first-order valence-corrected chi connectivity index (χ1v) is 8.93. The Bertz CT molecular complexity index is 1150. The standard InChI is InChI=1S/C21H18N6O2/c1-13-18(20-26-25-19(29-20)16-5-4-10-22-11-16)24-17(12-23-13)14-6-8-15(9-7-14)21(28)27(2)3/h4-12H,1-3H3. The zero-order chi connectivity index (χ0) is 20.4. The quantitative estimate of drug-likeness (QED) is 0.531. The zero-order valence-corrected chi connectivity index (χ0v) is 16.2. The lowest BCUT2D eigenvalue weighted by Gasteiger charge is -2.10. The zero-order valence-electron chi connectivity index (χ0n) is 16.2. The summed E-state index contributed by atoms with van der Waals surface area (Å²) in [4.78, 5) is 26.7. The molecule has 3 aromatic heterocycles. The lowest BCUT2D eigenvalue weighted by Crippen LogP contribution is -2.21. The highest BCUT2D eigenvalue weighted by Crippen LogP contribution is 2.26. The SMILES string of the molecule is Cc1ncc(-c2ccc(C(=O)N(C)C)cc2)nc1-c1nnc(-c2cccnc2)o1. The number of pyridine rings is 1. The fraction of sp³-hybridized carbons (Fsp3) is 0.143. The number of aromatic nitrogens is 5. The molecule has 3 heterocycles. The van der Waals surface area contributed by atoms with Gasteiger partial charge in [0.05, 0.1) is 23.1 Å². The van der Waals surface area contributed by atoms with Gasteiger partial charge in [-0.2, -0.15) is 0 Å². The number of carbonyl (C=O) groups excluding carboxylic acids is 1. The van der Waals surface area contributed by atoms with Crippen LogP contribution >= 0.6 is 0 Å². The third kappa shape index (κ3) is 3.73. The minimum absolute atomic E-state index is 0.0546. The van der Waals surface area contributed by atoms with Crippen LogP contribution in [0.3, 0.4) is 0 Å². The Morgan fingerprint density at radius 2 is 1.72 bits per heavy atom. The van der Waals surface area contributed by atoms with Gasteiger partial charge in [0.25, 0.3) is 11.8 Å². The molecule has 0 saturated heterocycles. The van der Waals surface area contributed by atoms with Crippen LogP contribution in [0, 0.1) is 6.92 Å². The third-order valence-corrected chi connectivity index (χ3v) is 4.33. The minimum Gasteiger partial charge on any atom is -0.414 e. The maximum Gasteiger partial charge on any atom is 0.268 e. The normalized spacial score (nSPS) is 10.7. The van der Waals surface area contributed by atoms with E-state index in [1.165, 1.54) is 4.90 Å². The number of aryl methyl sites for hydroxylation is 1. The Labute approximate surface area is 167 Å². The third-order valence-electron chi connectivity index (χ3n) is 4.33. The number of hydrogen-bond acceptors (Lipinski definition) is 7. The summed E-state index contributed by atoms with van der Waals surface area (Å²) in [6.45, 7) is 1.83. The molecule has 0 fully saturated rings. The van der Waals surface area contributed by atoms with Gasteiger partial charge in [-0.15, -0.1) is 10.2 Å². The Balaban J connectivity index is 1.67. The van der Waals surface area contributed by atoms with Crippen molar-refractivity contribution in [1.29, 1.82) is 0 Å². The van der Waals surface area contributed by atoms with Gasteiger partial charge in [0.15, 0.2) is 0 Å². The highest BCUT2D eigenvalue weighted by atomic mass is 16.4. The van der Waals surface area contributed by atoms with E-state index in [2.05, 4.69) is 25.1 Å². The summed E-state index contributed by atoms with van der Waals surface area (Å²) in [6, 6.07) is 10.9. The largest absolute Gasteiger partial charge is 0.414 e. The summed E-state index contributed by atoms with van der Waals surface area (Å²) < 4.78 is 5.79. The van der Waals surface area contributed by atoms with Gasteiger partial charge in [-0.25, -0.2) is 4.98 Å². The first-order valence-electron chi connectivity index (χ1n) is 8.93. The molecule has 0 bridgehead atoms. The van der Waals surface area contributed by atoms with Crippen molar-refractivity contribution in [3.63, 3.8) is 0 Å². The average Bonchev–Trinajstić information content (AvgIpc) is 3.24. The van der Waals surface area contributed by atoms with Crippen molar-refractivity contribution in [2.24, 2.45) is 0 Å². The van der Waals surface area contributed by atoms with E-state index in [0.717, 1.165) is 11.1 Å². The number of rotatable bonds is 4. The molecular formula is C21H18N6O2. The maximum atomic E-state index is 12.1. The molecule has 4 aromatic rings. The van der Waals surface area contributed by atoms with E-state index in [4.69, 9.17) is 4.42 Å². The molecule has 8 heteroatoms. The van der Waals surface area contributed by atoms with Gasteiger partial charge in [0.2, 0.25) is 5.89 Å².